The van der Waals surface area contributed by atoms with Crippen molar-refractivity contribution in [1.82, 2.24) is 0 Å². The number of hydrogen-bond donors (Lipinski definition) is 1. The first-order valence-electron chi connectivity index (χ1n) is 6.08. The Bertz CT molecular complexity index is 364. The normalized spacial score (nSPS) is 17.8. The van der Waals surface area contributed by atoms with Crippen molar-refractivity contribution in [3.63, 3.8) is 0 Å². The van der Waals surface area contributed by atoms with Gasteiger partial charge < -0.3 is 5.32 Å². The van der Waals surface area contributed by atoms with Gasteiger partial charge in [0.15, 0.2) is 0 Å². The maximum absolute atomic E-state index is 13.6. The topological polar surface area (TPSA) is 12.0 Å². The summed E-state index contributed by atoms with van der Waals surface area (Å²) < 4.78 is 27.0. The van der Waals surface area contributed by atoms with E-state index in [1.165, 1.54) is 31.7 Å². The summed E-state index contributed by atoms with van der Waals surface area (Å²) in [6, 6.07) is 2.51. The van der Waals surface area contributed by atoms with Crippen LogP contribution in [0.4, 0.5) is 14.5 Å². The smallest absolute Gasteiger partial charge is 0.150 e. The van der Waals surface area contributed by atoms with Crippen molar-refractivity contribution in [2.24, 2.45) is 0 Å². The van der Waals surface area contributed by atoms with Crippen molar-refractivity contribution in [3.05, 3.63) is 28.2 Å². The van der Waals surface area contributed by atoms with Gasteiger partial charge in [-0.1, -0.05) is 25.7 Å². The van der Waals surface area contributed by atoms with Crippen LogP contribution in [0.3, 0.4) is 0 Å². The first-order valence-corrected chi connectivity index (χ1v) is 6.87. The third kappa shape index (κ3) is 3.41. The third-order valence-corrected chi connectivity index (χ3v) is 3.84. The van der Waals surface area contributed by atoms with Crippen LogP contribution in [-0.4, -0.2) is 6.04 Å². The number of benzene rings is 1. The van der Waals surface area contributed by atoms with Gasteiger partial charge in [0.1, 0.15) is 11.6 Å². The predicted molar refractivity (Wildman–Crippen MR) is 69.2 cm³/mol. The fourth-order valence-corrected chi connectivity index (χ4v) is 2.83. The minimum absolute atomic E-state index is 0.300. The SMILES string of the molecule is Fc1cc(F)c(NC2CCCCCC2)c(Br)c1. The van der Waals surface area contributed by atoms with E-state index in [1.807, 2.05) is 0 Å². The third-order valence-electron chi connectivity index (χ3n) is 3.21. The molecule has 1 aromatic carbocycles. The maximum Gasteiger partial charge on any atom is 0.150 e. The maximum atomic E-state index is 13.6. The van der Waals surface area contributed by atoms with Crippen molar-refractivity contribution in [2.45, 2.75) is 44.6 Å². The van der Waals surface area contributed by atoms with Gasteiger partial charge in [-0.2, -0.15) is 0 Å². The van der Waals surface area contributed by atoms with Gasteiger partial charge in [0, 0.05) is 16.6 Å². The number of rotatable bonds is 2. The van der Waals surface area contributed by atoms with E-state index in [0.29, 0.717) is 16.2 Å². The van der Waals surface area contributed by atoms with Gasteiger partial charge in [0.25, 0.3) is 0 Å². The first kappa shape index (κ1) is 12.8. The van der Waals surface area contributed by atoms with Crippen LogP contribution in [0.15, 0.2) is 16.6 Å². The summed E-state index contributed by atoms with van der Waals surface area (Å²) in [6.07, 6.45) is 6.99. The molecule has 0 amide bonds. The van der Waals surface area contributed by atoms with Crippen LogP contribution in [-0.2, 0) is 0 Å². The molecule has 17 heavy (non-hydrogen) atoms. The van der Waals surface area contributed by atoms with Crippen LogP contribution in [0.5, 0.6) is 0 Å². The lowest BCUT2D eigenvalue weighted by Gasteiger charge is -2.19. The van der Waals surface area contributed by atoms with Gasteiger partial charge >= 0.3 is 0 Å². The molecule has 2 rings (SSSR count). The number of nitrogens with one attached hydrogen (secondary N) is 1. The van der Waals surface area contributed by atoms with Crippen molar-refractivity contribution in [1.29, 1.82) is 0 Å². The molecule has 0 spiro atoms. The van der Waals surface area contributed by atoms with Crippen LogP contribution in [0.25, 0.3) is 0 Å². The second kappa shape index (κ2) is 5.80. The first-order chi connectivity index (χ1) is 8.16. The van der Waals surface area contributed by atoms with Gasteiger partial charge in [0.05, 0.1) is 5.69 Å². The summed E-state index contributed by atoms with van der Waals surface area (Å²) in [4.78, 5) is 0. The van der Waals surface area contributed by atoms with E-state index in [-0.39, 0.29) is 0 Å². The molecule has 94 valence electrons. The molecule has 1 aliphatic carbocycles. The number of halogens is 3. The average Bonchev–Trinajstić information content (AvgIpc) is 2.51. The second-order valence-corrected chi connectivity index (χ2v) is 5.43. The molecule has 1 N–H and O–H groups in total. The Hall–Kier alpha value is -0.640. The molecule has 0 heterocycles. The highest BCUT2D eigenvalue weighted by molar-refractivity contribution is 9.10. The van der Waals surface area contributed by atoms with Crippen LogP contribution in [0.2, 0.25) is 0 Å². The van der Waals surface area contributed by atoms with Crippen molar-refractivity contribution in [2.75, 3.05) is 5.32 Å². The zero-order valence-corrected chi connectivity index (χ0v) is 11.2. The predicted octanol–water partition coefficient (Wildman–Crippen LogP) is 4.86. The molecule has 0 atom stereocenters. The van der Waals surface area contributed by atoms with Crippen LogP contribution in [0, 0.1) is 11.6 Å². The standard InChI is InChI=1S/C13H16BrF2N/c14-11-7-9(15)8-12(16)13(11)17-10-5-3-1-2-4-6-10/h7-8,10,17H,1-6H2. The second-order valence-electron chi connectivity index (χ2n) is 4.58. The molecular weight excluding hydrogens is 288 g/mol. The highest BCUT2D eigenvalue weighted by Gasteiger charge is 2.16. The minimum Gasteiger partial charge on any atom is -0.379 e. The summed E-state index contributed by atoms with van der Waals surface area (Å²) in [6.45, 7) is 0. The average molecular weight is 304 g/mol. The zero-order chi connectivity index (χ0) is 12.3. The van der Waals surface area contributed by atoms with E-state index >= 15 is 0 Å². The molecule has 0 unspecified atom stereocenters. The van der Waals surface area contributed by atoms with Crippen molar-refractivity contribution < 1.29 is 8.78 Å². The molecule has 0 saturated heterocycles. The lowest BCUT2D eigenvalue weighted by atomic mass is 10.1. The molecule has 0 aliphatic heterocycles. The molecule has 4 heteroatoms. The Morgan fingerprint density at radius 2 is 1.71 bits per heavy atom. The summed E-state index contributed by atoms with van der Waals surface area (Å²) in [5.74, 6) is -1.08. The van der Waals surface area contributed by atoms with E-state index in [4.69, 9.17) is 0 Å². The minimum atomic E-state index is -0.555. The highest BCUT2D eigenvalue weighted by atomic mass is 79.9. The Kier molecular flexibility index (Phi) is 4.37. The molecular formula is C13H16BrF2N. The summed E-state index contributed by atoms with van der Waals surface area (Å²) in [5.41, 5.74) is 0.387. The molecule has 0 aromatic heterocycles. The Morgan fingerprint density at radius 1 is 1.06 bits per heavy atom. The van der Waals surface area contributed by atoms with Crippen molar-refractivity contribution >= 4 is 21.6 Å². The largest absolute Gasteiger partial charge is 0.379 e. The molecule has 1 aliphatic rings. The van der Waals surface area contributed by atoms with E-state index in [1.54, 1.807) is 0 Å². The number of hydrogen-bond acceptors (Lipinski definition) is 1. The summed E-state index contributed by atoms with van der Waals surface area (Å²) >= 11 is 3.20. The van der Waals surface area contributed by atoms with Gasteiger partial charge in [-0.3, -0.25) is 0 Å². The fraction of sp³-hybridized carbons (Fsp3) is 0.538. The van der Waals surface area contributed by atoms with Gasteiger partial charge in [-0.05, 0) is 34.8 Å². The van der Waals surface area contributed by atoms with Gasteiger partial charge in [0.2, 0.25) is 0 Å². The Morgan fingerprint density at radius 3 is 2.29 bits per heavy atom. The van der Waals surface area contributed by atoms with Crippen LogP contribution in [0.1, 0.15) is 38.5 Å². The van der Waals surface area contributed by atoms with Crippen molar-refractivity contribution in [3.8, 4) is 0 Å². The van der Waals surface area contributed by atoms with E-state index in [2.05, 4.69) is 21.2 Å². The highest BCUT2D eigenvalue weighted by Crippen LogP contribution is 2.29. The lowest BCUT2D eigenvalue weighted by Crippen LogP contribution is -2.19. The lowest BCUT2D eigenvalue weighted by molar-refractivity contribution is 0.573. The molecule has 1 saturated carbocycles. The molecule has 0 bridgehead atoms. The summed E-state index contributed by atoms with van der Waals surface area (Å²) in [7, 11) is 0. The van der Waals surface area contributed by atoms with Crippen LogP contribution < -0.4 is 5.32 Å². The fourth-order valence-electron chi connectivity index (χ4n) is 2.31. The van der Waals surface area contributed by atoms with Gasteiger partial charge in [-0.15, -0.1) is 0 Å². The Labute approximate surface area is 109 Å². The zero-order valence-electron chi connectivity index (χ0n) is 9.61. The van der Waals surface area contributed by atoms with Gasteiger partial charge in [-0.25, -0.2) is 8.78 Å². The Balaban J connectivity index is 2.11. The quantitative estimate of drug-likeness (QED) is 0.769. The monoisotopic (exact) mass is 303 g/mol. The van der Waals surface area contributed by atoms with E-state index in [0.717, 1.165) is 18.9 Å². The van der Waals surface area contributed by atoms with Crippen LogP contribution >= 0.6 is 15.9 Å². The molecule has 1 nitrogen and oxygen atoms in total. The molecule has 1 aromatic rings. The molecule has 1 fully saturated rings. The summed E-state index contributed by atoms with van der Waals surface area (Å²) in [5, 5.41) is 3.20. The molecule has 0 radical (unpaired) electrons. The number of anilines is 1. The van der Waals surface area contributed by atoms with E-state index in [9.17, 15) is 8.78 Å². The van der Waals surface area contributed by atoms with E-state index < -0.39 is 11.6 Å².